The molecule has 2 aromatic carbocycles. The molecule has 8 nitrogen and oxygen atoms in total. The van der Waals surface area contributed by atoms with Crippen molar-refractivity contribution in [1.29, 1.82) is 0 Å². The molecular weight excluding hydrogens is 530 g/mol. The number of methoxy groups -OCH3 is 1. The average Bonchev–Trinajstić information content (AvgIpc) is 3.71. The third-order valence-corrected chi connectivity index (χ3v) is 9.02. The molecule has 8 heteroatoms. The Kier molecular flexibility index (Phi) is 6.64. The van der Waals surface area contributed by atoms with E-state index in [4.69, 9.17) is 9.47 Å². The van der Waals surface area contributed by atoms with Crippen LogP contribution >= 0.6 is 0 Å². The molecule has 216 valence electrons. The Balaban J connectivity index is 1.53. The minimum Gasteiger partial charge on any atom is -0.497 e. The van der Waals surface area contributed by atoms with Crippen molar-refractivity contribution in [2.45, 2.75) is 70.4 Å². The Hall–Kier alpha value is -4.33. The number of esters is 1. The number of benzene rings is 2. The third-order valence-electron chi connectivity index (χ3n) is 9.02. The van der Waals surface area contributed by atoms with Gasteiger partial charge in [-0.2, -0.15) is 5.10 Å². The number of hydrogen-bond donors (Lipinski definition) is 1. The molecule has 0 unspecified atom stereocenters. The zero-order valence-electron chi connectivity index (χ0n) is 24.1. The zero-order valence-corrected chi connectivity index (χ0v) is 24.1. The molecule has 3 aliphatic rings. The number of aromatic nitrogens is 3. The van der Waals surface area contributed by atoms with E-state index in [0.29, 0.717) is 18.0 Å². The van der Waals surface area contributed by atoms with Gasteiger partial charge in [-0.1, -0.05) is 25.3 Å². The van der Waals surface area contributed by atoms with Crippen LogP contribution in [0, 0.1) is 0 Å². The molecule has 0 amide bonds. The third kappa shape index (κ3) is 4.40. The van der Waals surface area contributed by atoms with Gasteiger partial charge in [0.15, 0.2) is 0 Å². The maximum atomic E-state index is 13.2. The number of carbonyl (C=O) groups is 2. The van der Waals surface area contributed by atoms with Crippen LogP contribution in [0.4, 0.5) is 0 Å². The van der Waals surface area contributed by atoms with E-state index in [2.05, 4.69) is 27.9 Å². The Morgan fingerprint density at radius 3 is 2.55 bits per heavy atom. The first-order valence-electron chi connectivity index (χ1n) is 15.0. The topological polar surface area (TPSA) is 95.6 Å². The lowest BCUT2D eigenvalue weighted by Gasteiger charge is -2.24. The van der Waals surface area contributed by atoms with Crippen LogP contribution in [-0.2, 0) is 11.3 Å². The van der Waals surface area contributed by atoms with Crippen molar-refractivity contribution >= 4 is 34.5 Å². The molecule has 42 heavy (non-hydrogen) atoms. The molecular formula is C34H35N3O5. The summed E-state index contributed by atoms with van der Waals surface area (Å²) in [5, 5.41) is 15.7. The molecule has 0 bridgehead atoms. The SMILES string of the molecule is CCOC(=O)c1cnn(C2CC2)c1C1=Cc2cc(OC)ccc2-c2c(C3CCCCC3)c3ccc(C(=O)O)cc3n2C1. The Morgan fingerprint density at radius 1 is 1.02 bits per heavy atom. The highest BCUT2D eigenvalue weighted by Crippen LogP contribution is 2.48. The maximum Gasteiger partial charge on any atom is 0.341 e. The fourth-order valence-electron chi connectivity index (χ4n) is 6.95. The van der Waals surface area contributed by atoms with Crippen LogP contribution in [0.1, 0.15) is 101 Å². The number of rotatable bonds is 7. The van der Waals surface area contributed by atoms with Gasteiger partial charge in [0, 0.05) is 16.5 Å². The summed E-state index contributed by atoms with van der Waals surface area (Å²) in [6.07, 6.45) is 11.7. The van der Waals surface area contributed by atoms with Crippen molar-refractivity contribution in [3.8, 4) is 17.0 Å². The van der Waals surface area contributed by atoms with Gasteiger partial charge in [-0.3, -0.25) is 4.68 Å². The van der Waals surface area contributed by atoms with E-state index in [1.807, 2.05) is 22.9 Å². The molecule has 0 spiro atoms. The van der Waals surface area contributed by atoms with Crippen molar-refractivity contribution in [3.63, 3.8) is 0 Å². The second-order valence-electron chi connectivity index (χ2n) is 11.6. The molecule has 4 aromatic rings. The molecule has 2 aromatic heterocycles. The summed E-state index contributed by atoms with van der Waals surface area (Å²) < 4.78 is 15.4. The first kappa shape index (κ1) is 26.6. The predicted octanol–water partition coefficient (Wildman–Crippen LogP) is 7.33. The van der Waals surface area contributed by atoms with E-state index >= 15 is 0 Å². The summed E-state index contributed by atoms with van der Waals surface area (Å²) in [5.74, 6) is -0.193. The Bertz CT molecular complexity index is 1750. The van der Waals surface area contributed by atoms with Gasteiger partial charge >= 0.3 is 11.9 Å². The van der Waals surface area contributed by atoms with Crippen LogP contribution in [0.2, 0.25) is 0 Å². The molecule has 2 aliphatic carbocycles. The van der Waals surface area contributed by atoms with Crippen LogP contribution < -0.4 is 4.74 Å². The van der Waals surface area contributed by atoms with E-state index in [0.717, 1.165) is 70.4 Å². The van der Waals surface area contributed by atoms with Gasteiger partial charge in [-0.05, 0) is 91.6 Å². The zero-order chi connectivity index (χ0) is 29.0. The molecule has 3 heterocycles. The average molecular weight is 566 g/mol. The maximum absolute atomic E-state index is 13.2. The molecule has 1 aliphatic heterocycles. The standard InChI is InChI=1S/C34H35N3O5/c1-3-42-34(40)28-18-35-37(24-10-11-24)31(28)23-15-22-16-25(41-2)12-14-26(22)32-30(20-7-5-4-6-8-20)27-13-9-21(33(38)39)17-29(27)36(32)19-23/h9,12-18,20,24H,3-8,10-11,19H2,1-2H3,(H,38,39). The quantitative estimate of drug-likeness (QED) is 0.236. The fraction of sp³-hybridized carbons (Fsp3) is 0.382. The van der Waals surface area contributed by atoms with Crippen LogP contribution in [0.15, 0.2) is 42.6 Å². The summed E-state index contributed by atoms with van der Waals surface area (Å²) in [6, 6.07) is 11.9. The number of nitrogens with zero attached hydrogens (tertiary/aromatic N) is 3. The smallest absolute Gasteiger partial charge is 0.341 e. The monoisotopic (exact) mass is 565 g/mol. The van der Waals surface area contributed by atoms with Crippen molar-refractivity contribution in [2.24, 2.45) is 0 Å². The van der Waals surface area contributed by atoms with Gasteiger partial charge in [0.2, 0.25) is 0 Å². The van der Waals surface area contributed by atoms with Gasteiger partial charge in [-0.15, -0.1) is 0 Å². The number of ether oxygens (including phenoxy) is 2. The Labute approximate surface area is 244 Å². The molecule has 2 fully saturated rings. The molecule has 7 rings (SSSR count). The van der Waals surface area contributed by atoms with Crippen molar-refractivity contribution in [3.05, 3.63) is 70.5 Å². The van der Waals surface area contributed by atoms with Gasteiger partial charge in [0.05, 0.1) is 49.5 Å². The van der Waals surface area contributed by atoms with E-state index in [-0.39, 0.29) is 24.2 Å². The highest BCUT2D eigenvalue weighted by molar-refractivity contribution is 6.03. The number of hydrogen-bond acceptors (Lipinski definition) is 5. The number of carboxylic acids is 1. The van der Waals surface area contributed by atoms with E-state index in [1.165, 1.54) is 24.8 Å². The van der Waals surface area contributed by atoms with Crippen LogP contribution in [0.5, 0.6) is 5.75 Å². The summed E-state index contributed by atoms with van der Waals surface area (Å²) >= 11 is 0. The second-order valence-corrected chi connectivity index (χ2v) is 11.6. The molecule has 2 saturated carbocycles. The van der Waals surface area contributed by atoms with Crippen LogP contribution in [0.25, 0.3) is 33.8 Å². The number of carbonyl (C=O) groups excluding carboxylic acids is 1. The minimum absolute atomic E-state index is 0.245. The molecule has 1 N–H and O–H groups in total. The van der Waals surface area contributed by atoms with Gasteiger partial charge in [-0.25, -0.2) is 9.59 Å². The summed E-state index contributed by atoms with van der Waals surface area (Å²) in [4.78, 5) is 25.3. The first-order valence-corrected chi connectivity index (χ1v) is 15.0. The van der Waals surface area contributed by atoms with Crippen molar-refractivity contribution < 1.29 is 24.2 Å². The Morgan fingerprint density at radius 2 is 1.83 bits per heavy atom. The summed E-state index contributed by atoms with van der Waals surface area (Å²) in [5.41, 5.74) is 7.82. The van der Waals surface area contributed by atoms with Gasteiger partial charge < -0.3 is 19.1 Å². The van der Waals surface area contributed by atoms with Gasteiger partial charge in [0.25, 0.3) is 0 Å². The summed E-state index contributed by atoms with van der Waals surface area (Å²) in [7, 11) is 1.67. The highest BCUT2D eigenvalue weighted by atomic mass is 16.5. The lowest BCUT2D eigenvalue weighted by atomic mass is 9.81. The molecule has 0 radical (unpaired) electrons. The second kappa shape index (κ2) is 10.5. The first-order chi connectivity index (χ1) is 20.5. The van der Waals surface area contributed by atoms with Crippen molar-refractivity contribution in [2.75, 3.05) is 13.7 Å². The number of aromatic carboxylic acids is 1. The highest BCUT2D eigenvalue weighted by Gasteiger charge is 2.34. The molecule has 0 atom stereocenters. The number of carboxylic acid groups (broad SMARTS) is 1. The van der Waals surface area contributed by atoms with Crippen LogP contribution in [0.3, 0.4) is 0 Å². The normalized spacial score (nSPS) is 16.9. The van der Waals surface area contributed by atoms with Crippen LogP contribution in [-0.4, -0.2) is 45.1 Å². The fourth-order valence-corrected chi connectivity index (χ4v) is 6.95. The molecule has 0 saturated heterocycles. The predicted molar refractivity (Wildman–Crippen MR) is 161 cm³/mol. The van der Waals surface area contributed by atoms with Gasteiger partial charge in [0.1, 0.15) is 11.3 Å². The van der Waals surface area contributed by atoms with Crippen molar-refractivity contribution in [1.82, 2.24) is 14.3 Å². The van der Waals surface area contributed by atoms with E-state index in [9.17, 15) is 14.7 Å². The lowest BCUT2D eigenvalue weighted by molar-refractivity contribution is 0.0525. The van der Waals surface area contributed by atoms with E-state index in [1.54, 1.807) is 26.3 Å². The lowest BCUT2D eigenvalue weighted by Crippen LogP contribution is -2.12. The minimum atomic E-state index is -0.947. The summed E-state index contributed by atoms with van der Waals surface area (Å²) in [6.45, 7) is 2.55. The van der Waals surface area contributed by atoms with E-state index < -0.39 is 5.97 Å². The largest absolute Gasteiger partial charge is 0.497 e. The number of allylic oxidation sites excluding steroid dienone is 1. The number of fused-ring (bicyclic) bond motifs is 5.